The molecule has 1 saturated carbocycles. The van der Waals surface area contributed by atoms with Crippen molar-refractivity contribution in [2.24, 2.45) is 11.8 Å². The van der Waals surface area contributed by atoms with Crippen LogP contribution in [-0.2, 0) is 19.1 Å². The number of likely N-dealkylation sites (tertiary alicyclic amines) is 1. The van der Waals surface area contributed by atoms with E-state index in [1.807, 2.05) is 6.92 Å². The van der Waals surface area contributed by atoms with E-state index < -0.39 is 22.5 Å². The van der Waals surface area contributed by atoms with Crippen molar-refractivity contribution in [2.75, 3.05) is 26.3 Å². The second-order valence-electron chi connectivity index (χ2n) is 9.38. The number of quaternary nitrogens is 1. The molecule has 1 aliphatic carbocycles. The number of nitrogens with zero attached hydrogens (tertiary/aromatic N) is 2. The Balaban J connectivity index is 1.75. The van der Waals surface area contributed by atoms with E-state index in [2.05, 4.69) is 5.32 Å². The summed E-state index contributed by atoms with van der Waals surface area (Å²) in [6.07, 6.45) is 6.27. The van der Waals surface area contributed by atoms with Gasteiger partial charge in [-0.3, -0.25) is 10.0 Å². The van der Waals surface area contributed by atoms with Crippen molar-refractivity contribution < 1.29 is 38.3 Å². The number of hydrogen-bond acceptors (Lipinski definition) is 7. The van der Waals surface area contributed by atoms with Crippen molar-refractivity contribution in [3.05, 3.63) is 0 Å². The van der Waals surface area contributed by atoms with Gasteiger partial charge in [-0.1, -0.05) is 25.7 Å². The number of imide groups is 2. The molecular formula is C22H36N3O7+. The van der Waals surface area contributed by atoms with Crippen LogP contribution >= 0.6 is 0 Å². The number of carbonyl (C=O) groups is 4. The van der Waals surface area contributed by atoms with Gasteiger partial charge in [-0.05, 0) is 19.3 Å². The van der Waals surface area contributed by atoms with Gasteiger partial charge in [0.25, 0.3) is 0 Å². The molecule has 10 nitrogen and oxygen atoms in total. The fourth-order valence-electron chi connectivity index (χ4n) is 5.46. The monoisotopic (exact) mass is 454 g/mol. The Morgan fingerprint density at radius 3 is 2.44 bits per heavy atom. The molecule has 2 aliphatic heterocycles. The number of rotatable bonds is 7. The molecule has 2 saturated heterocycles. The first-order valence-corrected chi connectivity index (χ1v) is 11.8. The Bertz CT molecular complexity index is 691. The molecule has 3 atom stereocenters. The van der Waals surface area contributed by atoms with E-state index in [-0.39, 0.29) is 37.6 Å². The minimum Gasteiger partial charge on any atom is -0.446 e. The number of carbonyl (C=O) groups excluding carboxylic acids is 4. The van der Waals surface area contributed by atoms with Crippen LogP contribution in [0.5, 0.6) is 0 Å². The lowest BCUT2D eigenvalue weighted by Gasteiger charge is -2.36. The van der Waals surface area contributed by atoms with Crippen LogP contribution < -0.4 is 5.32 Å². The molecule has 0 aromatic heterocycles. The lowest BCUT2D eigenvalue weighted by molar-refractivity contribution is -0.786. The number of hydroxylamine groups is 2. The molecule has 0 spiro atoms. The third kappa shape index (κ3) is 5.65. The maximum atomic E-state index is 13.8. The van der Waals surface area contributed by atoms with Crippen molar-refractivity contribution >= 4 is 24.4 Å². The summed E-state index contributed by atoms with van der Waals surface area (Å²) in [5, 5.41) is 12.6. The zero-order valence-corrected chi connectivity index (χ0v) is 18.9. The summed E-state index contributed by atoms with van der Waals surface area (Å²) in [5.41, 5.74) is 0. The van der Waals surface area contributed by atoms with Crippen molar-refractivity contribution in [2.45, 2.75) is 76.9 Å². The third-order valence-corrected chi connectivity index (χ3v) is 7.26. The number of nitrogens with one attached hydrogen (secondary N) is 1. The Morgan fingerprint density at radius 2 is 1.84 bits per heavy atom. The molecule has 3 aliphatic rings. The number of urea groups is 1. The Hall–Kier alpha value is -2.04. The zero-order chi connectivity index (χ0) is 23.1. The van der Waals surface area contributed by atoms with Crippen molar-refractivity contribution in [1.29, 1.82) is 0 Å². The van der Waals surface area contributed by atoms with Gasteiger partial charge in [0.05, 0.1) is 32.2 Å². The Labute approximate surface area is 188 Å². The van der Waals surface area contributed by atoms with E-state index in [4.69, 9.17) is 9.47 Å². The first-order chi connectivity index (χ1) is 15.4. The van der Waals surface area contributed by atoms with E-state index in [9.17, 15) is 24.4 Å². The van der Waals surface area contributed by atoms with Gasteiger partial charge in [0.15, 0.2) is 0 Å². The van der Waals surface area contributed by atoms with Gasteiger partial charge < -0.3 is 9.47 Å². The van der Waals surface area contributed by atoms with Gasteiger partial charge in [-0.15, -0.1) is 0 Å². The number of ether oxygens (including phenoxy) is 2. The summed E-state index contributed by atoms with van der Waals surface area (Å²) in [4.78, 5) is 50.6. The van der Waals surface area contributed by atoms with Gasteiger partial charge in [-0.25, -0.2) is 24.8 Å². The third-order valence-electron chi connectivity index (χ3n) is 7.26. The average Bonchev–Trinajstić information content (AvgIpc) is 3.43. The maximum absolute atomic E-state index is 13.8. The zero-order valence-electron chi connectivity index (χ0n) is 18.9. The summed E-state index contributed by atoms with van der Waals surface area (Å²) in [6.45, 7) is 2.95. The van der Waals surface area contributed by atoms with Gasteiger partial charge in [0.2, 0.25) is 6.41 Å². The van der Waals surface area contributed by atoms with E-state index in [1.165, 1.54) is 0 Å². The molecule has 1 unspecified atom stereocenters. The molecule has 0 radical (unpaired) electrons. The highest BCUT2D eigenvalue weighted by Gasteiger charge is 2.55. The average molecular weight is 455 g/mol. The fourth-order valence-corrected chi connectivity index (χ4v) is 5.46. The summed E-state index contributed by atoms with van der Waals surface area (Å²) < 4.78 is 10.1. The lowest BCUT2D eigenvalue weighted by Crippen LogP contribution is -2.65. The number of hydrogen-bond donors (Lipinski definition) is 2. The van der Waals surface area contributed by atoms with Crippen molar-refractivity contribution in [3.63, 3.8) is 0 Å². The van der Waals surface area contributed by atoms with Crippen LogP contribution in [0.4, 0.5) is 9.59 Å². The summed E-state index contributed by atoms with van der Waals surface area (Å²) in [7, 11) is 0. The van der Waals surface area contributed by atoms with Crippen LogP contribution in [0.2, 0.25) is 0 Å². The van der Waals surface area contributed by atoms with Crippen molar-refractivity contribution in [1.82, 2.24) is 10.4 Å². The quantitative estimate of drug-likeness (QED) is 0.262. The number of amides is 5. The van der Waals surface area contributed by atoms with Gasteiger partial charge in [0.1, 0.15) is 12.1 Å². The van der Waals surface area contributed by atoms with E-state index in [1.54, 1.807) is 0 Å². The molecule has 2 heterocycles. The summed E-state index contributed by atoms with van der Waals surface area (Å²) in [6, 6.07) is -1.00. The molecule has 10 heteroatoms. The second-order valence-corrected chi connectivity index (χ2v) is 9.38. The van der Waals surface area contributed by atoms with E-state index in [0.29, 0.717) is 56.3 Å². The highest BCUT2D eigenvalue weighted by molar-refractivity contribution is 5.93. The van der Waals surface area contributed by atoms with Crippen LogP contribution in [-0.4, -0.2) is 77.6 Å². The topological polar surface area (TPSA) is 122 Å². The molecular weight excluding hydrogens is 418 g/mol. The Kier molecular flexibility index (Phi) is 8.61. The van der Waals surface area contributed by atoms with E-state index in [0.717, 1.165) is 25.7 Å². The first-order valence-electron chi connectivity index (χ1n) is 11.8. The molecule has 32 heavy (non-hydrogen) atoms. The Morgan fingerprint density at radius 1 is 1.16 bits per heavy atom. The minimum absolute atomic E-state index is 0.161. The molecule has 0 aromatic carbocycles. The van der Waals surface area contributed by atoms with Crippen LogP contribution in [0.25, 0.3) is 0 Å². The van der Waals surface area contributed by atoms with Crippen LogP contribution in [0.3, 0.4) is 0 Å². The minimum atomic E-state index is -0.852. The SMILES string of the molecule is C[C@@H]1CCC[N+]1(C(=O)NC(=O)OC1CCOCC1)C(=O)[C@H](CC1CCCC1)CN(O)C=O. The van der Waals surface area contributed by atoms with Crippen LogP contribution in [0, 0.1) is 11.8 Å². The van der Waals surface area contributed by atoms with E-state index >= 15 is 0 Å². The highest BCUT2D eigenvalue weighted by Crippen LogP contribution is 2.35. The van der Waals surface area contributed by atoms with Crippen molar-refractivity contribution in [3.8, 4) is 0 Å². The molecule has 180 valence electrons. The first kappa shape index (κ1) is 24.6. The highest BCUT2D eigenvalue weighted by atomic mass is 16.6. The summed E-state index contributed by atoms with van der Waals surface area (Å²) >= 11 is 0. The lowest BCUT2D eigenvalue weighted by atomic mass is 9.91. The number of alkyl carbamates (subject to hydrolysis) is 1. The van der Waals surface area contributed by atoms with Crippen LogP contribution in [0.1, 0.15) is 64.7 Å². The second kappa shape index (κ2) is 11.2. The molecule has 5 amide bonds. The molecule has 0 aromatic rings. The molecule has 0 bridgehead atoms. The standard InChI is InChI=1S/C22H35N3O7/c1-16-5-4-10-25(16,21(28)23-22(29)32-19-8-11-31-12-9-19)20(27)18(14-24(30)15-26)13-17-6-2-3-7-17/h15-19,30H,2-14H2,1H3/p+1/t16-,18-,25?/m1/s1. The van der Waals surface area contributed by atoms with Crippen LogP contribution in [0.15, 0.2) is 0 Å². The molecule has 3 fully saturated rings. The normalized spacial score (nSPS) is 27.6. The fraction of sp³-hybridized carbons (Fsp3) is 0.818. The van der Waals surface area contributed by atoms with Gasteiger partial charge in [0, 0.05) is 25.7 Å². The van der Waals surface area contributed by atoms with Gasteiger partial charge in [-0.2, -0.15) is 4.48 Å². The summed E-state index contributed by atoms with van der Waals surface area (Å²) in [5.74, 6) is -0.714. The molecule has 3 rings (SSSR count). The maximum Gasteiger partial charge on any atom is 0.433 e. The van der Waals surface area contributed by atoms with Gasteiger partial charge >= 0.3 is 18.0 Å². The predicted octanol–water partition coefficient (Wildman–Crippen LogP) is 2.58. The smallest absolute Gasteiger partial charge is 0.433 e. The molecule has 2 N–H and O–H groups in total. The largest absolute Gasteiger partial charge is 0.446 e. The predicted molar refractivity (Wildman–Crippen MR) is 112 cm³/mol.